The van der Waals surface area contributed by atoms with Crippen LogP contribution in [0, 0.1) is 0 Å². The van der Waals surface area contributed by atoms with E-state index in [1.807, 2.05) is 31.1 Å². The van der Waals surface area contributed by atoms with Gasteiger partial charge in [-0.3, -0.25) is 14.7 Å². The first kappa shape index (κ1) is 28.3. The first-order chi connectivity index (χ1) is 21.3. The standard InChI is InChI=1S/C31H29N9O4/c1-37(2)14-15-38(31(42)43)29-23-18-33-24(22-19-34-39-13-7-12-32-28(22)39)17-26(23)40(36-29)25-11-10-21(16-27(25)44-3)35-30(41)20-8-5-4-6-9-20/h4-13,16-19H,14-15H2,1-3H3,(H,35,41)(H,42,43). The minimum absolute atomic E-state index is 0.190. The van der Waals surface area contributed by atoms with E-state index in [2.05, 4.69) is 20.4 Å². The molecular weight excluding hydrogens is 562 g/mol. The first-order valence-corrected chi connectivity index (χ1v) is 13.7. The fourth-order valence-corrected chi connectivity index (χ4v) is 4.85. The molecule has 13 heteroatoms. The second kappa shape index (κ2) is 11.8. The number of fused-ring (bicyclic) bond motifs is 2. The second-order valence-corrected chi connectivity index (χ2v) is 10.2. The van der Waals surface area contributed by atoms with Gasteiger partial charge in [0, 0.05) is 49.0 Å². The molecule has 4 aromatic heterocycles. The van der Waals surface area contributed by atoms with Crippen molar-refractivity contribution in [1.82, 2.24) is 34.3 Å². The fourth-order valence-electron chi connectivity index (χ4n) is 4.85. The molecule has 2 N–H and O–H groups in total. The van der Waals surface area contributed by atoms with Gasteiger partial charge in [0.1, 0.15) is 11.4 Å². The molecule has 6 rings (SSSR count). The van der Waals surface area contributed by atoms with E-state index in [4.69, 9.17) is 9.84 Å². The Morgan fingerprint density at radius 2 is 1.82 bits per heavy atom. The lowest BCUT2D eigenvalue weighted by Crippen LogP contribution is -2.36. The SMILES string of the molecule is COc1cc(NC(=O)c2ccccc2)ccc1-n1nc(N(CCN(C)C)C(=O)O)c2cnc(-c3cnn4cccnc34)cc21. The Labute approximate surface area is 251 Å². The molecule has 13 nitrogen and oxygen atoms in total. The van der Waals surface area contributed by atoms with Gasteiger partial charge >= 0.3 is 6.09 Å². The lowest BCUT2D eigenvalue weighted by atomic mass is 10.1. The lowest BCUT2D eigenvalue weighted by molar-refractivity contribution is 0.102. The Morgan fingerprint density at radius 1 is 1.00 bits per heavy atom. The Bertz CT molecular complexity index is 1990. The molecule has 0 atom stereocenters. The third kappa shape index (κ3) is 5.39. The van der Waals surface area contributed by atoms with Crippen molar-refractivity contribution >= 4 is 40.1 Å². The van der Waals surface area contributed by atoms with Crippen molar-refractivity contribution in [3.05, 3.63) is 91.0 Å². The molecule has 2 amide bonds. The molecule has 0 aliphatic carbocycles. The van der Waals surface area contributed by atoms with E-state index in [1.54, 1.807) is 82.5 Å². The second-order valence-electron chi connectivity index (χ2n) is 10.2. The molecule has 6 aromatic rings. The Kier molecular flexibility index (Phi) is 7.60. The highest BCUT2D eigenvalue weighted by atomic mass is 16.5. The molecule has 0 saturated heterocycles. The maximum Gasteiger partial charge on any atom is 0.413 e. The highest BCUT2D eigenvalue weighted by molar-refractivity contribution is 6.04. The average Bonchev–Trinajstić information content (AvgIpc) is 3.63. The summed E-state index contributed by atoms with van der Waals surface area (Å²) < 4.78 is 9.03. The number of hydrogen-bond acceptors (Lipinski definition) is 8. The summed E-state index contributed by atoms with van der Waals surface area (Å²) >= 11 is 0. The van der Waals surface area contributed by atoms with Crippen LogP contribution < -0.4 is 15.0 Å². The minimum atomic E-state index is -1.14. The quantitative estimate of drug-likeness (QED) is 0.249. The fraction of sp³-hybridized carbons (Fsp3) is 0.161. The number of methoxy groups -OCH3 is 1. The van der Waals surface area contributed by atoms with Crippen LogP contribution in [0.5, 0.6) is 5.75 Å². The summed E-state index contributed by atoms with van der Waals surface area (Å²) in [6.45, 7) is 0.676. The molecule has 4 heterocycles. The van der Waals surface area contributed by atoms with Crippen molar-refractivity contribution in [2.75, 3.05) is 44.5 Å². The number of hydrogen-bond donors (Lipinski definition) is 2. The zero-order valence-corrected chi connectivity index (χ0v) is 24.2. The Hall–Kier alpha value is -5.82. The van der Waals surface area contributed by atoms with Crippen LogP contribution in [-0.2, 0) is 0 Å². The van der Waals surface area contributed by atoms with Crippen LogP contribution in [0.25, 0.3) is 33.5 Å². The van der Waals surface area contributed by atoms with Crippen LogP contribution in [0.15, 0.2) is 85.5 Å². The summed E-state index contributed by atoms with van der Waals surface area (Å²) in [4.78, 5) is 37.5. The van der Waals surface area contributed by atoms with Gasteiger partial charge in [0.05, 0.1) is 35.5 Å². The molecule has 0 aliphatic rings. The summed E-state index contributed by atoms with van der Waals surface area (Å²) in [5.41, 5.74) is 4.08. The highest BCUT2D eigenvalue weighted by Crippen LogP contribution is 2.35. The molecule has 0 spiro atoms. The maximum atomic E-state index is 12.8. The highest BCUT2D eigenvalue weighted by Gasteiger charge is 2.25. The number of carbonyl (C=O) groups is 2. The first-order valence-electron chi connectivity index (χ1n) is 13.7. The normalized spacial score (nSPS) is 11.3. The molecule has 0 bridgehead atoms. The van der Waals surface area contributed by atoms with Gasteiger partial charge in [0.15, 0.2) is 11.5 Å². The zero-order chi connectivity index (χ0) is 30.8. The van der Waals surface area contributed by atoms with Gasteiger partial charge in [-0.15, -0.1) is 5.10 Å². The number of amides is 2. The number of nitrogens with one attached hydrogen (secondary N) is 1. The number of rotatable bonds is 9. The minimum Gasteiger partial charge on any atom is -0.494 e. The number of ether oxygens (including phenoxy) is 1. The third-order valence-corrected chi connectivity index (χ3v) is 7.06. The number of carboxylic acid groups (broad SMARTS) is 1. The van der Waals surface area contributed by atoms with E-state index >= 15 is 0 Å². The number of nitrogens with zero attached hydrogens (tertiary/aromatic N) is 8. The van der Waals surface area contributed by atoms with Crippen LogP contribution >= 0.6 is 0 Å². The summed E-state index contributed by atoms with van der Waals surface area (Å²) in [6.07, 6.45) is 5.64. The summed E-state index contributed by atoms with van der Waals surface area (Å²) in [5, 5.41) is 22.8. The van der Waals surface area contributed by atoms with E-state index in [9.17, 15) is 14.7 Å². The largest absolute Gasteiger partial charge is 0.494 e. The van der Waals surface area contributed by atoms with Gasteiger partial charge in [-0.05, 0) is 50.5 Å². The van der Waals surface area contributed by atoms with E-state index in [0.717, 1.165) is 0 Å². The average molecular weight is 592 g/mol. The molecule has 2 aromatic carbocycles. The number of anilines is 2. The van der Waals surface area contributed by atoms with Crippen molar-refractivity contribution in [3.63, 3.8) is 0 Å². The molecule has 44 heavy (non-hydrogen) atoms. The van der Waals surface area contributed by atoms with Gasteiger partial charge in [0.25, 0.3) is 5.91 Å². The monoisotopic (exact) mass is 591 g/mol. The van der Waals surface area contributed by atoms with E-state index in [1.165, 1.54) is 12.0 Å². The molecule has 222 valence electrons. The lowest BCUT2D eigenvalue weighted by Gasteiger charge is -2.19. The van der Waals surface area contributed by atoms with Crippen LogP contribution in [0.4, 0.5) is 16.3 Å². The van der Waals surface area contributed by atoms with Crippen molar-refractivity contribution in [1.29, 1.82) is 0 Å². The van der Waals surface area contributed by atoms with Gasteiger partial charge in [-0.25, -0.2) is 19.0 Å². The Balaban J connectivity index is 1.48. The van der Waals surface area contributed by atoms with Gasteiger partial charge < -0.3 is 20.1 Å². The third-order valence-electron chi connectivity index (χ3n) is 7.06. The molecule has 0 saturated carbocycles. The molecule has 0 unspecified atom stereocenters. The summed E-state index contributed by atoms with van der Waals surface area (Å²) in [5.74, 6) is 0.385. The van der Waals surface area contributed by atoms with Crippen LogP contribution in [0.1, 0.15) is 10.4 Å². The van der Waals surface area contributed by atoms with E-state index in [-0.39, 0.29) is 18.3 Å². The van der Waals surface area contributed by atoms with E-state index in [0.29, 0.717) is 57.0 Å². The van der Waals surface area contributed by atoms with Gasteiger partial charge in [-0.2, -0.15) is 5.10 Å². The number of aromatic nitrogens is 6. The maximum absolute atomic E-state index is 12.8. The predicted octanol–water partition coefficient (Wildman–Crippen LogP) is 4.44. The Morgan fingerprint density at radius 3 is 2.57 bits per heavy atom. The molecule has 0 fully saturated rings. The number of carbonyl (C=O) groups excluding carboxylic acids is 1. The zero-order valence-electron chi connectivity index (χ0n) is 24.2. The van der Waals surface area contributed by atoms with Gasteiger partial charge in [-0.1, -0.05) is 18.2 Å². The van der Waals surface area contributed by atoms with Gasteiger partial charge in [0.2, 0.25) is 0 Å². The van der Waals surface area contributed by atoms with E-state index < -0.39 is 6.09 Å². The number of benzene rings is 2. The molecular formula is C31H29N9O4. The van der Waals surface area contributed by atoms with Crippen LogP contribution in [-0.4, -0.2) is 85.7 Å². The topological polar surface area (TPSA) is 143 Å². The van der Waals surface area contributed by atoms with Crippen molar-refractivity contribution in [2.45, 2.75) is 0 Å². The molecule has 0 radical (unpaired) electrons. The van der Waals surface area contributed by atoms with Crippen molar-refractivity contribution < 1.29 is 19.4 Å². The number of likely N-dealkylation sites (N-methyl/N-ethyl adjacent to an activating group) is 1. The van der Waals surface area contributed by atoms with Crippen molar-refractivity contribution in [2.24, 2.45) is 0 Å². The van der Waals surface area contributed by atoms with Crippen molar-refractivity contribution in [3.8, 4) is 22.7 Å². The number of pyridine rings is 1. The predicted molar refractivity (Wildman–Crippen MR) is 166 cm³/mol. The van der Waals surface area contributed by atoms with Crippen LogP contribution in [0.3, 0.4) is 0 Å². The molecule has 0 aliphatic heterocycles. The smallest absolute Gasteiger partial charge is 0.413 e. The summed E-state index contributed by atoms with van der Waals surface area (Å²) in [7, 11) is 5.27. The van der Waals surface area contributed by atoms with Crippen LogP contribution in [0.2, 0.25) is 0 Å². The summed E-state index contributed by atoms with van der Waals surface area (Å²) in [6, 6.07) is 17.7.